The first kappa shape index (κ1) is 9.40. The third-order valence-corrected chi connectivity index (χ3v) is 1.69. The van der Waals surface area contributed by atoms with Gasteiger partial charge >= 0.3 is 7.82 Å². The van der Waals surface area contributed by atoms with Crippen LogP contribution in [0, 0.1) is 0 Å². The van der Waals surface area contributed by atoms with Crippen LogP contribution in [0.2, 0.25) is 0 Å². The van der Waals surface area contributed by atoms with Crippen molar-refractivity contribution in [3.63, 3.8) is 0 Å². The largest absolute Gasteiger partial charge is 0.471 e. The molecule has 0 aromatic heterocycles. The van der Waals surface area contributed by atoms with Crippen molar-refractivity contribution in [2.75, 3.05) is 19.6 Å². The van der Waals surface area contributed by atoms with E-state index in [1.165, 1.54) is 0 Å². The van der Waals surface area contributed by atoms with Crippen molar-refractivity contribution in [1.82, 2.24) is 0 Å². The van der Waals surface area contributed by atoms with Gasteiger partial charge < -0.3 is 4.89 Å². The van der Waals surface area contributed by atoms with Gasteiger partial charge in [-0.2, -0.15) is 0 Å². The summed E-state index contributed by atoms with van der Waals surface area (Å²) < 4.78 is 18.7. The molecule has 0 radical (unpaired) electrons. The minimum Gasteiger partial charge on any atom is -0.303 e. The predicted octanol–water partition coefficient (Wildman–Crippen LogP) is 0.989. The smallest absolute Gasteiger partial charge is 0.303 e. The Morgan fingerprint density at radius 2 is 2.33 bits per heavy atom. The molecule has 0 spiro atoms. The van der Waals surface area contributed by atoms with Gasteiger partial charge in [-0.3, -0.25) is 9.05 Å². The Balaban J connectivity index is 3.46. The quantitative estimate of drug-likeness (QED) is 0.510. The van der Waals surface area contributed by atoms with Crippen LogP contribution in [-0.2, 0) is 13.6 Å². The van der Waals surface area contributed by atoms with Crippen molar-refractivity contribution in [2.24, 2.45) is 0 Å². The lowest BCUT2D eigenvalue weighted by atomic mass is 10.9. The number of halogens is 1. The summed E-state index contributed by atoms with van der Waals surface area (Å²) in [4.78, 5) is 8.51. The lowest BCUT2D eigenvalue weighted by Crippen LogP contribution is -1.94. The maximum atomic E-state index is 10.4. The molecule has 0 aromatic carbocycles. The van der Waals surface area contributed by atoms with Crippen molar-refractivity contribution < 1.29 is 18.5 Å². The Kier molecular flexibility index (Phi) is 4.44. The molecule has 0 heterocycles. The second-order valence-electron chi connectivity index (χ2n) is 1.17. The molecule has 56 valence electrons. The van der Waals surface area contributed by atoms with Gasteiger partial charge in [0.05, 0.1) is 6.61 Å². The molecule has 9 heavy (non-hydrogen) atoms. The molecule has 0 aromatic rings. The molecule has 0 amide bonds. The summed E-state index contributed by atoms with van der Waals surface area (Å²) in [6, 6.07) is 0. The van der Waals surface area contributed by atoms with E-state index in [1.54, 1.807) is 0 Å². The first-order valence-electron chi connectivity index (χ1n) is 2.21. The fourth-order valence-corrected chi connectivity index (χ4v) is 0.815. The number of hydrogen-bond donors (Lipinski definition) is 1. The van der Waals surface area contributed by atoms with Crippen LogP contribution in [0.1, 0.15) is 0 Å². The lowest BCUT2D eigenvalue weighted by molar-refractivity contribution is 0.182. The average molecular weight is 175 g/mol. The molecule has 0 rings (SSSR count). The minimum absolute atomic E-state index is 0.0170. The molecule has 0 aliphatic heterocycles. The van der Waals surface area contributed by atoms with Crippen molar-refractivity contribution in [3.05, 3.63) is 0 Å². The Morgan fingerprint density at radius 1 is 1.78 bits per heavy atom. The van der Waals surface area contributed by atoms with E-state index >= 15 is 0 Å². The van der Waals surface area contributed by atoms with Gasteiger partial charge in [0.15, 0.2) is 0 Å². The van der Waals surface area contributed by atoms with Gasteiger partial charge in [0.25, 0.3) is 0 Å². The molecule has 0 aliphatic carbocycles. The lowest BCUT2D eigenvalue weighted by Gasteiger charge is -2.05. The molecule has 1 unspecified atom stereocenters. The molecule has 0 aliphatic rings. The third-order valence-electron chi connectivity index (χ3n) is 0.562. The Bertz CT molecular complexity index is 116. The van der Waals surface area contributed by atoms with E-state index in [4.69, 9.17) is 16.5 Å². The Labute approximate surface area is 58.3 Å². The standard InChI is InChI=1S/C3H8ClO4P/c1-7-9(5,6)8-3-2-4/h2-3H2,1H3,(H,5,6). The van der Waals surface area contributed by atoms with E-state index in [2.05, 4.69) is 9.05 Å². The highest BCUT2D eigenvalue weighted by molar-refractivity contribution is 7.47. The zero-order valence-electron chi connectivity index (χ0n) is 4.91. The maximum Gasteiger partial charge on any atom is 0.471 e. The molecule has 0 bridgehead atoms. The topological polar surface area (TPSA) is 55.8 Å². The van der Waals surface area contributed by atoms with Crippen molar-refractivity contribution in [2.45, 2.75) is 0 Å². The Morgan fingerprint density at radius 3 is 2.67 bits per heavy atom. The molecular weight excluding hydrogens is 166 g/mol. The van der Waals surface area contributed by atoms with Gasteiger partial charge in [-0.15, -0.1) is 11.6 Å². The van der Waals surface area contributed by atoms with Crippen LogP contribution in [0.15, 0.2) is 0 Å². The highest BCUT2D eigenvalue weighted by Gasteiger charge is 2.16. The molecule has 6 heteroatoms. The number of rotatable bonds is 4. The van der Waals surface area contributed by atoms with Gasteiger partial charge in [0.2, 0.25) is 0 Å². The second kappa shape index (κ2) is 4.25. The molecule has 0 saturated heterocycles. The van der Waals surface area contributed by atoms with Gasteiger partial charge in [0.1, 0.15) is 0 Å². The molecule has 1 atom stereocenters. The van der Waals surface area contributed by atoms with Crippen LogP contribution in [0.3, 0.4) is 0 Å². The van der Waals surface area contributed by atoms with Crippen LogP contribution < -0.4 is 0 Å². The van der Waals surface area contributed by atoms with Crippen molar-refractivity contribution >= 4 is 19.4 Å². The first-order valence-corrected chi connectivity index (χ1v) is 4.24. The van der Waals surface area contributed by atoms with E-state index in [0.29, 0.717) is 0 Å². The average Bonchev–Trinajstić information content (AvgIpc) is 1.84. The van der Waals surface area contributed by atoms with Gasteiger partial charge in [-0.1, -0.05) is 0 Å². The summed E-state index contributed by atoms with van der Waals surface area (Å²) in [5, 5.41) is 0. The van der Waals surface area contributed by atoms with Gasteiger partial charge in [-0.25, -0.2) is 4.57 Å². The van der Waals surface area contributed by atoms with E-state index in [0.717, 1.165) is 7.11 Å². The minimum atomic E-state index is -3.77. The molecule has 4 nitrogen and oxygen atoms in total. The van der Waals surface area contributed by atoms with Crippen LogP contribution in [-0.4, -0.2) is 24.5 Å². The zero-order chi connectivity index (χ0) is 7.33. The van der Waals surface area contributed by atoms with Crippen LogP contribution >= 0.6 is 19.4 Å². The van der Waals surface area contributed by atoms with Gasteiger partial charge in [-0.05, 0) is 0 Å². The highest BCUT2D eigenvalue weighted by Crippen LogP contribution is 2.41. The summed E-state index contributed by atoms with van der Waals surface area (Å²) in [7, 11) is -2.68. The molecule has 0 saturated carbocycles. The highest BCUT2D eigenvalue weighted by atomic mass is 35.5. The van der Waals surface area contributed by atoms with Crippen LogP contribution in [0.4, 0.5) is 0 Å². The van der Waals surface area contributed by atoms with Crippen molar-refractivity contribution in [3.8, 4) is 0 Å². The zero-order valence-corrected chi connectivity index (χ0v) is 6.56. The van der Waals surface area contributed by atoms with E-state index < -0.39 is 7.82 Å². The summed E-state index contributed by atoms with van der Waals surface area (Å²) >= 11 is 5.15. The predicted molar refractivity (Wildman–Crippen MR) is 33.5 cm³/mol. The third kappa shape index (κ3) is 4.88. The molecule has 0 fully saturated rings. The van der Waals surface area contributed by atoms with Crippen LogP contribution in [0.25, 0.3) is 0 Å². The summed E-state index contributed by atoms with van der Waals surface area (Å²) in [6.45, 7) is 0.0170. The van der Waals surface area contributed by atoms with Gasteiger partial charge in [0, 0.05) is 13.0 Å². The summed E-state index contributed by atoms with van der Waals surface area (Å²) in [5.74, 6) is 0.175. The monoisotopic (exact) mass is 174 g/mol. The van der Waals surface area contributed by atoms with E-state index in [-0.39, 0.29) is 12.5 Å². The molecule has 1 N–H and O–H groups in total. The summed E-state index contributed by atoms with van der Waals surface area (Å²) in [6.07, 6.45) is 0. The van der Waals surface area contributed by atoms with E-state index in [1.807, 2.05) is 0 Å². The maximum absolute atomic E-state index is 10.4. The number of hydrogen-bond acceptors (Lipinski definition) is 3. The normalized spacial score (nSPS) is 17.2. The number of phosphoric acid groups is 1. The number of phosphoric ester groups is 1. The fraction of sp³-hybridized carbons (Fsp3) is 1.00. The summed E-state index contributed by atoms with van der Waals surface area (Å²) in [5.41, 5.74) is 0. The van der Waals surface area contributed by atoms with E-state index in [9.17, 15) is 4.57 Å². The van der Waals surface area contributed by atoms with Crippen molar-refractivity contribution in [1.29, 1.82) is 0 Å². The first-order chi connectivity index (χ1) is 4.12. The SMILES string of the molecule is COP(=O)(O)OCCCl. The second-order valence-corrected chi connectivity index (χ2v) is 3.11. The molecular formula is C3H8ClO4P. The van der Waals surface area contributed by atoms with Crippen LogP contribution in [0.5, 0.6) is 0 Å². The fourth-order valence-electron chi connectivity index (χ4n) is 0.203. The Hall–Kier alpha value is 0.400. The number of alkyl halides is 1.